The van der Waals surface area contributed by atoms with Crippen LogP contribution >= 0.6 is 0 Å². The van der Waals surface area contributed by atoms with E-state index in [9.17, 15) is 4.79 Å². The number of hydrogen-bond donors (Lipinski definition) is 1. The molecule has 16 heavy (non-hydrogen) atoms. The highest BCUT2D eigenvalue weighted by atomic mass is 16.5. The first-order chi connectivity index (χ1) is 7.63. The minimum absolute atomic E-state index is 0.155. The summed E-state index contributed by atoms with van der Waals surface area (Å²) in [6.07, 6.45) is 2.39. The lowest BCUT2D eigenvalue weighted by Crippen LogP contribution is -2.19. The number of esters is 1. The predicted molar refractivity (Wildman–Crippen MR) is 60.9 cm³/mol. The molecule has 0 aliphatic heterocycles. The molecule has 0 aliphatic rings. The number of nitrogens with zero attached hydrogens (tertiary/aromatic N) is 2. The second kappa shape index (κ2) is 6.27. The van der Waals surface area contributed by atoms with Crippen LogP contribution in [0, 0.1) is 6.92 Å². The van der Waals surface area contributed by atoms with E-state index in [0.29, 0.717) is 19.6 Å². The van der Waals surface area contributed by atoms with Gasteiger partial charge in [-0.25, -0.2) is 0 Å². The van der Waals surface area contributed by atoms with Gasteiger partial charge in [-0.3, -0.25) is 9.48 Å². The Hall–Kier alpha value is -1.36. The van der Waals surface area contributed by atoms with Crippen molar-refractivity contribution in [3.63, 3.8) is 0 Å². The third-order valence-electron chi connectivity index (χ3n) is 2.24. The van der Waals surface area contributed by atoms with Crippen LogP contribution < -0.4 is 5.32 Å². The Morgan fingerprint density at radius 3 is 2.94 bits per heavy atom. The summed E-state index contributed by atoms with van der Waals surface area (Å²) in [6.45, 7) is 5.60. The quantitative estimate of drug-likeness (QED) is 0.574. The maximum Gasteiger partial charge on any atom is 0.307 e. The standard InChI is InChI=1S/C11H19N3O2/c1-4-16-11(15)5-6-12-7-10-8-14(3)13-9(10)2/h8,12H,4-7H2,1-3H3. The van der Waals surface area contributed by atoms with Crippen LogP contribution in [0.4, 0.5) is 0 Å². The van der Waals surface area contributed by atoms with Gasteiger partial charge in [-0.15, -0.1) is 0 Å². The first kappa shape index (κ1) is 12.7. The average molecular weight is 225 g/mol. The van der Waals surface area contributed by atoms with Gasteiger partial charge in [0, 0.05) is 31.9 Å². The molecular formula is C11H19N3O2. The van der Waals surface area contributed by atoms with Gasteiger partial charge in [-0.2, -0.15) is 5.10 Å². The number of rotatable bonds is 6. The molecule has 0 atom stereocenters. The number of aryl methyl sites for hydroxylation is 2. The molecular weight excluding hydrogens is 206 g/mol. The summed E-state index contributed by atoms with van der Waals surface area (Å²) >= 11 is 0. The van der Waals surface area contributed by atoms with E-state index in [1.165, 1.54) is 0 Å². The van der Waals surface area contributed by atoms with Crippen LogP contribution in [0.2, 0.25) is 0 Å². The summed E-state index contributed by atoms with van der Waals surface area (Å²) in [7, 11) is 1.90. The second-order valence-corrected chi connectivity index (χ2v) is 3.65. The lowest BCUT2D eigenvalue weighted by Gasteiger charge is -2.03. The Kier molecular flexibility index (Phi) is 4.98. The molecule has 5 nitrogen and oxygen atoms in total. The molecule has 0 spiro atoms. The molecule has 1 heterocycles. The lowest BCUT2D eigenvalue weighted by atomic mass is 10.2. The summed E-state index contributed by atoms with van der Waals surface area (Å²) in [5.41, 5.74) is 2.18. The molecule has 1 aromatic heterocycles. The van der Waals surface area contributed by atoms with Crippen molar-refractivity contribution in [2.24, 2.45) is 7.05 Å². The molecule has 0 bridgehead atoms. The fraction of sp³-hybridized carbons (Fsp3) is 0.636. The molecule has 0 saturated heterocycles. The van der Waals surface area contributed by atoms with E-state index >= 15 is 0 Å². The molecule has 0 unspecified atom stereocenters. The third-order valence-corrected chi connectivity index (χ3v) is 2.24. The van der Waals surface area contributed by atoms with E-state index in [2.05, 4.69) is 10.4 Å². The summed E-state index contributed by atoms with van der Waals surface area (Å²) in [5.74, 6) is -0.155. The van der Waals surface area contributed by atoms with Gasteiger partial charge in [0.1, 0.15) is 0 Å². The number of aromatic nitrogens is 2. The molecule has 1 rings (SSSR count). The molecule has 1 N–H and O–H groups in total. The smallest absolute Gasteiger partial charge is 0.307 e. The van der Waals surface area contributed by atoms with E-state index < -0.39 is 0 Å². The summed E-state index contributed by atoms with van der Waals surface area (Å²) in [5, 5.41) is 7.43. The van der Waals surface area contributed by atoms with Crippen LogP contribution in [-0.4, -0.2) is 28.9 Å². The lowest BCUT2D eigenvalue weighted by molar-refractivity contribution is -0.142. The Morgan fingerprint density at radius 2 is 2.38 bits per heavy atom. The number of carbonyl (C=O) groups is 1. The second-order valence-electron chi connectivity index (χ2n) is 3.65. The average Bonchev–Trinajstić information content (AvgIpc) is 2.53. The Labute approximate surface area is 95.8 Å². The fourth-order valence-corrected chi connectivity index (χ4v) is 1.47. The number of carbonyl (C=O) groups excluding carboxylic acids is 1. The highest BCUT2D eigenvalue weighted by Crippen LogP contribution is 2.03. The van der Waals surface area contributed by atoms with Crippen molar-refractivity contribution in [2.45, 2.75) is 26.8 Å². The van der Waals surface area contributed by atoms with E-state index in [4.69, 9.17) is 4.74 Å². The molecule has 0 amide bonds. The van der Waals surface area contributed by atoms with Gasteiger partial charge in [-0.1, -0.05) is 0 Å². The summed E-state index contributed by atoms with van der Waals surface area (Å²) in [6, 6.07) is 0. The maximum atomic E-state index is 11.0. The molecule has 0 fully saturated rings. The van der Waals surface area contributed by atoms with Crippen LogP contribution in [0.15, 0.2) is 6.20 Å². The molecule has 5 heteroatoms. The molecule has 0 radical (unpaired) electrons. The molecule has 0 aliphatic carbocycles. The van der Waals surface area contributed by atoms with Crippen molar-refractivity contribution in [3.05, 3.63) is 17.5 Å². The van der Waals surface area contributed by atoms with Crippen LogP contribution in [-0.2, 0) is 23.1 Å². The van der Waals surface area contributed by atoms with Crippen LogP contribution in [0.5, 0.6) is 0 Å². The number of ether oxygens (including phenoxy) is 1. The zero-order valence-electron chi connectivity index (χ0n) is 10.1. The zero-order chi connectivity index (χ0) is 12.0. The monoisotopic (exact) mass is 225 g/mol. The molecule has 0 aromatic carbocycles. The Bertz CT molecular complexity index is 347. The normalized spacial score (nSPS) is 10.4. The van der Waals surface area contributed by atoms with Crippen molar-refractivity contribution in [2.75, 3.05) is 13.2 Å². The maximum absolute atomic E-state index is 11.0. The molecule has 1 aromatic rings. The first-order valence-corrected chi connectivity index (χ1v) is 5.49. The van der Waals surface area contributed by atoms with Gasteiger partial charge in [0.2, 0.25) is 0 Å². The Morgan fingerprint density at radius 1 is 1.62 bits per heavy atom. The van der Waals surface area contributed by atoms with Crippen LogP contribution in [0.25, 0.3) is 0 Å². The first-order valence-electron chi connectivity index (χ1n) is 5.49. The highest BCUT2D eigenvalue weighted by Gasteiger charge is 2.03. The zero-order valence-corrected chi connectivity index (χ0v) is 10.1. The summed E-state index contributed by atoms with van der Waals surface area (Å²) in [4.78, 5) is 11.0. The van der Waals surface area contributed by atoms with Gasteiger partial charge >= 0.3 is 5.97 Å². The Balaban J connectivity index is 2.21. The summed E-state index contributed by atoms with van der Waals surface area (Å²) < 4.78 is 6.62. The SMILES string of the molecule is CCOC(=O)CCNCc1cn(C)nc1C. The van der Waals surface area contributed by atoms with Crippen LogP contribution in [0.3, 0.4) is 0 Å². The van der Waals surface area contributed by atoms with Gasteiger partial charge in [0.25, 0.3) is 0 Å². The minimum Gasteiger partial charge on any atom is -0.466 e. The van der Waals surface area contributed by atoms with Gasteiger partial charge < -0.3 is 10.1 Å². The van der Waals surface area contributed by atoms with E-state index in [1.807, 2.05) is 27.1 Å². The van der Waals surface area contributed by atoms with Gasteiger partial charge in [0.15, 0.2) is 0 Å². The molecule has 90 valence electrons. The van der Waals surface area contributed by atoms with Crippen LogP contribution in [0.1, 0.15) is 24.6 Å². The van der Waals surface area contributed by atoms with E-state index in [1.54, 1.807) is 4.68 Å². The predicted octanol–water partition coefficient (Wildman–Crippen LogP) is 0.771. The van der Waals surface area contributed by atoms with Crippen molar-refractivity contribution < 1.29 is 9.53 Å². The molecule has 0 saturated carbocycles. The third kappa shape index (κ3) is 4.02. The van der Waals surface area contributed by atoms with Crippen molar-refractivity contribution in [1.29, 1.82) is 0 Å². The highest BCUT2D eigenvalue weighted by molar-refractivity contribution is 5.69. The topological polar surface area (TPSA) is 56.1 Å². The largest absolute Gasteiger partial charge is 0.466 e. The van der Waals surface area contributed by atoms with Gasteiger partial charge in [-0.05, 0) is 13.8 Å². The number of hydrogen-bond acceptors (Lipinski definition) is 4. The fourth-order valence-electron chi connectivity index (χ4n) is 1.47. The van der Waals surface area contributed by atoms with Crippen molar-refractivity contribution in [3.8, 4) is 0 Å². The minimum atomic E-state index is -0.155. The van der Waals surface area contributed by atoms with E-state index in [0.717, 1.165) is 17.8 Å². The van der Waals surface area contributed by atoms with Crippen molar-refractivity contribution in [1.82, 2.24) is 15.1 Å². The van der Waals surface area contributed by atoms with E-state index in [-0.39, 0.29) is 5.97 Å². The number of nitrogens with one attached hydrogen (secondary N) is 1. The van der Waals surface area contributed by atoms with Crippen molar-refractivity contribution >= 4 is 5.97 Å². The van der Waals surface area contributed by atoms with Gasteiger partial charge in [0.05, 0.1) is 18.7 Å².